The third-order valence-corrected chi connectivity index (χ3v) is 4.52. The number of rotatable bonds is 2. The Balaban J connectivity index is 2.01. The van der Waals surface area contributed by atoms with Crippen LogP contribution >= 0.6 is 0 Å². The second-order valence-corrected chi connectivity index (χ2v) is 5.50. The molecule has 80 valence electrons. The minimum Gasteiger partial charge on any atom is -0.466 e. The Kier molecular flexibility index (Phi) is 2.32. The van der Waals surface area contributed by atoms with Crippen molar-refractivity contribution in [1.82, 2.24) is 0 Å². The van der Waals surface area contributed by atoms with E-state index in [1.807, 2.05) is 0 Å². The Hall–Kier alpha value is -0.530. The van der Waals surface area contributed by atoms with Crippen molar-refractivity contribution in [2.45, 2.75) is 40.0 Å². The first kappa shape index (κ1) is 10.0. The lowest BCUT2D eigenvalue weighted by molar-refractivity contribution is -0.144. The zero-order valence-electron chi connectivity index (χ0n) is 9.38. The molecular formula is C12H20O2. The fourth-order valence-electron chi connectivity index (χ4n) is 3.53. The first-order valence-corrected chi connectivity index (χ1v) is 5.65. The lowest BCUT2D eigenvalue weighted by Gasteiger charge is -2.37. The average molecular weight is 196 g/mol. The highest BCUT2D eigenvalue weighted by molar-refractivity contribution is 5.65. The van der Waals surface area contributed by atoms with Crippen LogP contribution in [0.3, 0.4) is 0 Å². The van der Waals surface area contributed by atoms with Crippen LogP contribution < -0.4 is 0 Å². The molecule has 0 saturated heterocycles. The number of hydrogen-bond donors (Lipinski definition) is 0. The zero-order chi connectivity index (χ0) is 10.3. The van der Waals surface area contributed by atoms with E-state index in [9.17, 15) is 4.79 Å². The van der Waals surface area contributed by atoms with Crippen molar-refractivity contribution >= 4 is 5.97 Å². The Bertz CT molecular complexity index is 245. The molecule has 0 aromatic rings. The van der Waals surface area contributed by atoms with Gasteiger partial charge in [-0.25, -0.2) is 0 Å². The molecule has 2 heteroatoms. The van der Waals surface area contributed by atoms with Crippen LogP contribution in [0.15, 0.2) is 0 Å². The normalized spacial score (nSPS) is 38.6. The topological polar surface area (TPSA) is 26.3 Å². The van der Waals surface area contributed by atoms with Gasteiger partial charge in [0.15, 0.2) is 0 Å². The van der Waals surface area contributed by atoms with Crippen molar-refractivity contribution in [2.75, 3.05) is 6.61 Å². The van der Waals surface area contributed by atoms with Crippen LogP contribution in [0.2, 0.25) is 0 Å². The Morgan fingerprint density at radius 2 is 2.14 bits per heavy atom. The van der Waals surface area contributed by atoms with Crippen molar-refractivity contribution in [3.8, 4) is 0 Å². The Labute approximate surface area is 86.0 Å². The van der Waals surface area contributed by atoms with Crippen molar-refractivity contribution < 1.29 is 9.53 Å². The third kappa shape index (κ3) is 1.45. The smallest absolute Gasteiger partial charge is 0.302 e. The van der Waals surface area contributed by atoms with Crippen LogP contribution in [0.4, 0.5) is 0 Å². The van der Waals surface area contributed by atoms with Crippen molar-refractivity contribution in [3.05, 3.63) is 0 Å². The van der Waals surface area contributed by atoms with E-state index in [0.717, 1.165) is 11.8 Å². The minimum atomic E-state index is -0.136. The van der Waals surface area contributed by atoms with Gasteiger partial charge in [-0.05, 0) is 36.5 Å². The maximum Gasteiger partial charge on any atom is 0.302 e. The Morgan fingerprint density at radius 1 is 1.43 bits per heavy atom. The van der Waals surface area contributed by atoms with Gasteiger partial charge in [0, 0.05) is 12.8 Å². The maximum absolute atomic E-state index is 10.8. The molecule has 2 saturated carbocycles. The average Bonchev–Trinajstić information content (AvgIpc) is 2.59. The monoisotopic (exact) mass is 196 g/mol. The molecule has 0 amide bonds. The largest absolute Gasteiger partial charge is 0.466 e. The molecule has 2 nitrogen and oxygen atoms in total. The molecular weight excluding hydrogens is 176 g/mol. The highest BCUT2D eigenvalue weighted by Gasteiger charge is 2.52. The molecule has 0 spiro atoms. The van der Waals surface area contributed by atoms with E-state index < -0.39 is 0 Å². The molecule has 2 aliphatic rings. The quantitative estimate of drug-likeness (QED) is 0.635. The van der Waals surface area contributed by atoms with Gasteiger partial charge in [-0.2, -0.15) is 0 Å². The molecule has 0 aromatic carbocycles. The molecule has 0 heterocycles. The molecule has 2 bridgehead atoms. The fourth-order valence-corrected chi connectivity index (χ4v) is 3.53. The summed E-state index contributed by atoms with van der Waals surface area (Å²) in [5.74, 6) is 2.15. The second-order valence-electron chi connectivity index (χ2n) is 5.50. The number of carbonyl (C=O) groups is 1. The van der Waals surface area contributed by atoms with Crippen molar-refractivity contribution in [1.29, 1.82) is 0 Å². The summed E-state index contributed by atoms with van der Waals surface area (Å²) >= 11 is 0. The maximum atomic E-state index is 10.8. The summed E-state index contributed by atoms with van der Waals surface area (Å²) in [6.45, 7) is 6.82. The summed E-state index contributed by atoms with van der Waals surface area (Å²) in [6, 6.07) is 0. The van der Waals surface area contributed by atoms with Gasteiger partial charge in [-0.15, -0.1) is 0 Å². The number of ether oxygens (including phenoxy) is 1. The number of fused-ring (bicyclic) bond motifs is 2. The molecule has 0 aliphatic heterocycles. The first-order chi connectivity index (χ1) is 6.51. The molecule has 0 aromatic heterocycles. The number of hydrogen-bond acceptors (Lipinski definition) is 2. The minimum absolute atomic E-state index is 0.136. The summed E-state index contributed by atoms with van der Waals surface area (Å²) < 4.78 is 5.18. The van der Waals surface area contributed by atoms with Crippen LogP contribution in [-0.4, -0.2) is 12.6 Å². The third-order valence-electron chi connectivity index (χ3n) is 4.52. The van der Waals surface area contributed by atoms with E-state index in [4.69, 9.17) is 4.74 Å². The molecule has 2 fully saturated rings. The van der Waals surface area contributed by atoms with Gasteiger partial charge in [0.05, 0.1) is 6.61 Å². The predicted molar refractivity (Wildman–Crippen MR) is 54.7 cm³/mol. The van der Waals surface area contributed by atoms with E-state index in [2.05, 4.69) is 13.8 Å². The van der Waals surface area contributed by atoms with Gasteiger partial charge >= 0.3 is 5.97 Å². The summed E-state index contributed by atoms with van der Waals surface area (Å²) in [6.07, 6.45) is 4.09. The zero-order valence-corrected chi connectivity index (χ0v) is 9.38. The van der Waals surface area contributed by atoms with Crippen LogP contribution in [0, 0.1) is 23.2 Å². The summed E-state index contributed by atoms with van der Waals surface area (Å²) in [4.78, 5) is 10.8. The van der Waals surface area contributed by atoms with Crippen molar-refractivity contribution in [3.63, 3.8) is 0 Å². The van der Waals surface area contributed by atoms with Gasteiger partial charge < -0.3 is 4.74 Å². The molecule has 0 N–H and O–H groups in total. The molecule has 0 radical (unpaired) electrons. The summed E-state index contributed by atoms with van der Waals surface area (Å²) in [5, 5.41) is 0. The second kappa shape index (κ2) is 3.25. The molecule has 14 heavy (non-hydrogen) atoms. The van der Waals surface area contributed by atoms with E-state index in [0.29, 0.717) is 17.9 Å². The predicted octanol–water partition coefficient (Wildman–Crippen LogP) is 2.62. The highest BCUT2D eigenvalue weighted by atomic mass is 16.5. The van der Waals surface area contributed by atoms with Gasteiger partial charge in [-0.1, -0.05) is 13.8 Å². The van der Waals surface area contributed by atoms with Crippen LogP contribution in [0.25, 0.3) is 0 Å². The molecule has 3 atom stereocenters. The van der Waals surface area contributed by atoms with Gasteiger partial charge in [0.1, 0.15) is 0 Å². The summed E-state index contributed by atoms with van der Waals surface area (Å²) in [7, 11) is 0. The summed E-state index contributed by atoms with van der Waals surface area (Å²) in [5.41, 5.74) is 0.387. The fraction of sp³-hybridized carbons (Fsp3) is 0.917. The van der Waals surface area contributed by atoms with Crippen molar-refractivity contribution in [2.24, 2.45) is 23.2 Å². The van der Waals surface area contributed by atoms with Crippen LogP contribution in [0.5, 0.6) is 0 Å². The van der Waals surface area contributed by atoms with E-state index >= 15 is 0 Å². The van der Waals surface area contributed by atoms with Gasteiger partial charge in [0.25, 0.3) is 0 Å². The van der Waals surface area contributed by atoms with Gasteiger partial charge in [0.2, 0.25) is 0 Å². The molecule has 3 unspecified atom stereocenters. The molecule has 2 rings (SSSR count). The SMILES string of the molecule is CC(=O)OCC1C2CCC(C2)C1(C)C. The van der Waals surface area contributed by atoms with E-state index in [1.54, 1.807) is 0 Å². The molecule has 2 aliphatic carbocycles. The standard InChI is InChI=1S/C12H20O2/c1-8(13)14-7-11-9-4-5-10(6-9)12(11,2)3/h9-11H,4-7H2,1-3H3. The van der Waals surface area contributed by atoms with Crippen LogP contribution in [-0.2, 0) is 9.53 Å². The van der Waals surface area contributed by atoms with E-state index in [-0.39, 0.29) is 5.97 Å². The highest BCUT2D eigenvalue weighted by Crippen LogP contribution is 2.59. The van der Waals surface area contributed by atoms with Crippen LogP contribution in [0.1, 0.15) is 40.0 Å². The first-order valence-electron chi connectivity index (χ1n) is 5.65. The van der Waals surface area contributed by atoms with E-state index in [1.165, 1.54) is 26.2 Å². The number of esters is 1. The lowest BCUT2D eigenvalue weighted by atomic mass is 9.69. The number of carbonyl (C=O) groups excluding carboxylic acids is 1. The lowest BCUT2D eigenvalue weighted by Crippen LogP contribution is -2.34. The van der Waals surface area contributed by atoms with Gasteiger partial charge in [-0.3, -0.25) is 4.79 Å². The Morgan fingerprint density at radius 3 is 2.64 bits per heavy atom.